The third kappa shape index (κ3) is 5.39. The smallest absolute Gasteiger partial charge is 0.410 e. The lowest BCUT2D eigenvalue weighted by Crippen LogP contribution is -2.48. The molecule has 0 spiro atoms. The van der Waals surface area contributed by atoms with Crippen LogP contribution >= 0.6 is 0 Å². The number of imidazole rings is 1. The number of fused-ring (bicyclic) bond motifs is 2. The fourth-order valence-corrected chi connectivity index (χ4v) is 5.32. The second-order valence-electron chi connectivity index (χ2n) is 10.9. The van der Waals surface area contributed by atoms with E-state index in [1.54, 1.807) is 4.90 Å². The Morgan fingerprint density at radius 3 is 2.89 bits per heavy atom. The minimum absolute atomic E-state index is 0.134. The summed E-state index contributed by atoms with van der Waals surface area (Å²) in [6.45, 7) is 8.55. The van der Waals surface area contributed by atoms with Gasteiger partial charge >= 0.3 is 6.09 Å². The number of hydrogen-bond donors (Lipinski definition) is 0. The van der Waals surface area contributed by atoms with Gasteiger partial charge in [0.15, 0.2) is 0 Å². The summed E-state index contributed by atoms with van der Waals surface area (Å²) in [5, 5.41) is 0. The Hall–Kier alpha value is -2.97. The number of hydrogen-bond acceptors (Lipinski definition) is 6. The highest BCUT2D eigenvalue weighted by molar-refractivity contribution is 5.76. The van der Waals surface area contributed by atoms with E-state index in [1.807, 2.05) is 45.2 Å². The van der Waals surface area contributed by atoms with E-state index in [2.05, 4.69) is 34.7 Å². The molecule has 2 atom stereocenters. The highest BCUT2D eigenvalue weighted by Gasteiger charge is 2.30. The molecule has 8 nitrogen and oxygen atoms in total. The zero-order valence-corrected chi connectivity index (χ0v) is 21.8. The maximum atomic E-state index is 12.7. The molecule has 2 aliphatic rings. The molecular formula is C28H37N5O3. The standard InChI is InChI=1S/C28H37N5O3/c1-28(2,3)36-27(34)32-15-16-35-21(17-32)18-33-23-12-6-5-11-22(23)30-25(33)19-31(4)24-13-7-9-20-10-8-14-29-26(20)24/h5-6,8,10-12,14,21,24H,7,9,13,15-19H2,1-4H3. The number of benzene rings is 1. The molecule has 1 aliphatic carbocycles. The third-order valence-electron chi connectivity index (χ3n) is 7.00. The third-order valence-corrected chi connectivity index (χ3v) is 7.00. The summed E-state index contributed by atoms with van der Waals surface area (Å²) >= 11 is 0. The van der Waals surface area contributed by atoms with Crippen LogP contribution in [0, 0.1) is 0 Å². The Bertz CT molecular complexity index is 1220. The van der Waals surface area contributed by atoms with Crippen LogP contribution in [0.4, 0.5) is 4.79 Å². The first-order chi connectivity index (χ1) is 17.3. The molecule has 192 valence electrons. The van der Waals surface area contributed by atoms with Crippen LogP contribution in [0.15, 0.2) is 42.6 Å². The number of aromatic nitrogens is 3. The van der Waals surface area contributed by atoms with Crippen molar-refractivity contribution < 1.29 is 14.3 Å². The molecule has 0 N–H and O–H groups in total. The number of carbonyl (C=O) groups is 1. The van der Waals surface area contributed by atoms with Crippen molar-refractivity contribution in [2.75, 3.05) is 26.7 Å². The van der Waals surface area contributed by atoms with Gasteiger partial charge in [-0.15, -0.1) is 0 Å². The quantitative estimate of drug-likeness (QED) is 0.520. The number of rotatable bonds is 5. The van der Waals surface area contributed by atoms with E-state index in [1.165, 1.54) is 17.7 Å². The van der Waals surface area contributed by atoms with E-state index in [0.717, 1.165) is 29.7 Å². The Labute approximate surface area is 213 Å². The van der Waals surface area contributed by atoms with E-state index in [4.69, 9.17) is 19.4 Å². The SMILES string of the molecule is CN(Cc1nc2ccccc2n1CC1CN(C(=O)OC(C)(C)C)CCO1)C1CCCc2cccnc21. The summed E-state index contributed by atoms with van der Waals surface area (Å²) in [5.74, 6) is 1.000. The van der Waals surface area contributed by atoms with Crippen molar-refractivity contribution in [1.29, 1.82) is 0 Å². The van der Waals surface area contributed by atoms with Gasteiger partial charge in [-0.1, -0.05) is 18.2 Å². The van der Waals surface area contributed by atoms with Crippen LogP contribution in [0.3, 0.4) is 0 Å². The van der Waals surface area contributed by atoms with Gasteiger partial charge in [-0.3, -0.25) is 9.88 Å². The first kappa shape index (κ1) is 24.7. The topological polar surface area (TPSA) is 72.7 Å². The molecule has 2 aromatic heterocycles. The zero-order valence-electron chi connectivity index (χ0n) is 21.8. The molecule has 0 saturated carbocycles. The largest absolute Gasteiger partial charge is 0.444 e. The second-order valence-corrected chi connectivity index (χ2v) is 10.9. The fraction of sp³-hybridized carbons (Fsp3) is 0.536. The molecule has 0 radical (unpaired) electrons. The van der Waals surface area contributed by atoms with Crippen molar-refractivity contribution in [3.63, 3.8) is 0 Å². The minimum Gasteiger partial charge on any atom is -0.444 e. The van der Waals surface area contributed by atoms with E-state index in [-0.39, 0.29) is 18.2 Å². The number of pyridine rings is 1. The van der Waals surface area contributed by atoms with E-state index >= 15 is 0 Å². The molecule has 3 aromatic rings. The monoisotopic (exact) mass is 491 g/mol. The van der Waals surface area contributed by atoms with Gasteiger partial charge in [-0.2, -0.15) is 0 Å². The van der Waals surface area contributed by atoms with E-state index in [9.17, 15) is 4.79 Å². The summed E-state index contributed by atoms with van der Waals surface area (Å²) in [6.07, 6.45) is 4.84. The highest BCUT2D eigenvalue weighted by Crippen LogP contribution is 2.33. The van der Waals surface area contributed by atoms with Crippen LogP contribution in [0.1, 0.15) is 56.7 Å². The average molecular weight is 492 g/mol. The summed E-state index contributed by atoms with van der Waals surface area (Å²) in [7, 11) is 2.17. The minimum atomic E-state index is -0.518. The molecule has 1 aromatic carbocycles. The summed E-state index contributed by atoms with van der Waals surface area (Å²) in [6, 6.07) is 12.7. The van der Waals surface area contributed by atoms with Crippen molar-refractivity contribution in [2.24, 2.45) is 0 Å². The molecule has 5 rings (SSSR count). The van der Waals surface area contributed by atoms with E-state index in [0.29, 0.717) is 32.8 Å². The van der Waals surface area contributed by atoms with Gasteiger partial charge in [0.2, 0.25) is 0 Å². The fourth-order valence-electron chi connectivity index (χ4n) is 5.32. The highest BCUT2D eigenvalue weighted by atomic mass is 16.6. The molecule has 1 saturated heterocycles. The molecule has 2 unspecified atom stereocenters. The first-order valence-corrected chi connectivity index (χ1v) is 13.0. The molecule has 8 heteroatoms. The summed E-state index contributed by atoms with van der Waals surface area (Å²) in [4.78, 5) is 26.6. The average Bonchev–Trinajstić information content (AvgIpc) is 3.19. The van der Waals surface area contributed by atoms with Crippen molar-refractivity contribution >= 4 is 17.1 Å². The van der Waals surface area contributed by atoms with Gasteiger partial charge in [0.05, 0.1) is 55.1 Å². The molecule has 3 heterocycles. The number of aryl methyl sites for hydroxylation is 1. The molecule has 1 amide bonds. The summed E-state index contributed by atoms with van der Waals surface area (Å²) < 4.78 is 14.0. The molecule has 0 bridgehead atoms. The number of carbonyl (C=O) groups excluding carboxylic acids is 1. The van der Waals surface area contributed by atoms with Crippen LogP contribution in [0.5, 0.6) is 0 Å². The first-order valence-electron chi connectivity index (χ1n) is 13.0. The predicted molar refractivity (Wildman–Crippen MR) is 139 cm³/mol. The Morgan fingerprint density at radius 2 is 2.06 bits per heavy atom. The Morgan fingerprint density at radius 1 is 1.22 bits per heavy atom. The maximum Gasteiger partial charge on any atom is 0.410 e. The van der Waals surface area contributed by atoms with Gasteiger partial charge in [-0.25, -0.2) is 9.78 Å². The molecule has 36 heavy (non-hydrogen) atoms. The van der Waals surface area contributed by atoms with Gasteiger partial charge in [0.25, 0.3) is 0 Å². The molecule has 1 fully saturated rings. The van der Waals surface area contributed by atoms with Crippen LogP contribution in [-0.4, -0.2) is 68.9 Å². The van der Waals surface area contributed by atoms with Crippen LogP contribution in [0.25, 0.3) is 11.0 Å². The number of ether oxygens (including phenoxy) is 2. The van der Waals surface area contributed by atoms with Crippen LogP contribution in [-0.2, 0) is 29.0 Å². The van der Waals surface area contributed by atoms with Gasteiger partial charge < -0.3 is 18.9 Å². The maximum absolute atomic E-state index is 12.7. The lowest BCUT2D eigenvalue weighted by Gasteiger charge is -2.35. The molecular weight excluding hydrogens is 454 g/mol. The van der Waals surface area contributed by atoms with Crippen molar-refractivity contribution in [2.45, 2.75) is 70.9 Å². The number of para-hydroxylation sites is 2. The van der Waals surface area contributed by atoms with Crippen LogP contribution in [0.2, 0.25) is 0 Å². The van der Waals surface area contributed by atoms with Crippen molar-refractivity contribution in [3.8, 4) is 0 Å². The number of nitrogens with zero attached hydrogens (tertiary/aromatic N) is 5. The Kier molecular flexibility index (Phi) is 6.99. The van der Waals surface area contributed by atoms with Crippen LogP contribution < -0.4 is 0 Å². The summed E-state index contributed by atoms with van der Waals surface area (Å²) in [5.41, 5.74) is 4.09. The second kappa shape index (κ2) is 10.2. The predicted octanol–water partition coefficient (Wildman–Crippen LogP) is 4.58. The molecule has 1 aliphatic heterocycles. The van der Waals surface area contributed by atoms with Gasteiger partial charge in [0, 0.05) is 12.7 Å². The Balaban J connectivity index is 1.36. The zero-order chi connectivity index (χ0) is 25.3. The number of amides is 1. The lowest BCUT2D eigenvalue weighted by molar-refractivity contribution is -0.0473. The van der Waals surface area contributed by atoms with Crippen molar-refractivity contribution in [1.82, 2.24) is 24.3 Å². The van der Waals surface area contributed by atoms with Gasteiger partial charge in [-0.05, 0) is 70.8 Å². The van der Waals surface area contributed by atoms with E-state index < -0.39 is 5.60 Å². The lowest BCUT2D eigenvalue weighted by atomic mass is 9.91. The van der Waals surface area contributed by atoms with Gasteiger partial charge in [0.1, 0.15) is 11.4 Å². The normalized spacial score (nSPS) is 20.5. The number of morpholine rings is 1. The van der Waals surface area contributed by atoms with Crippen molar-refractivity contribution in [3.05, 3.63) is 59.7 Å².